The minimum absolute atomic E-state index is 0.0179. The standard InChI is InChI=1S/C23H29N4O3/c1-5-26(6-2)14-23(3,4)15-30-17-9-10-19-16(12-17)13-20(25-19)18-8-7-11-27(21(18)28)22(24)29/h8-13,25H,5-6,14-15H2,1-4H3,(H2,24,29). The van der Waals surface area contributed by atoms with Crippen LogP contribution in [-0.2, 0) is 0 Å². The summed E-state index contributed by atoms with van der Waals surface area (Å²) in [6, 6.07) is 11.1. The molecule has 0 spiro atoms. The first-order valence-electron chi connectivity index (χ1n) is 10.1. The second kappa shape index (κ2) is 8.75. The molecule has 0 saturated heterocycles. The largest absolute Gasteiger partial charge is 0.493 e. The Morgan fingerprint density at radius 1 is 1.27 bits per heavy atom. The van der Waals surface area contributed by atoms with Gasteiger partial charge in [-0.1, -0.05) is 27.7 Å². The number of aromatic nitrogens is 2. The number of fused-ring (bicyclic) bond motifs is 1. The summed E-state index contributed by atoms with van der Waals surface area (Å²) in [7, 11) is 0. The first-order chi connectivity index (χ1) is 14.2. The third-order valence-electron chi connectivity index (χ3n) is 5.18. The van der Waals surface area contributed by atoms with Gasteiger partial charge in [-0.2, -0.15) is 0 Å². The molecular formula is C23H29N4O3. The minimum atomic E-state index is -0.836. The van der Waals surface area contributed by atoms with Gasteiger partial charge in [-0.15, -0.1) is 0 Å². The average Bonchev–Trinajstić information content (AvgIpc) is 3.13. The minimum Gasteiger partial charge on any atom is -0.493 e. The molecule has 3 aromatic rings. The molecule has 159 valence electrons. The molecule has 2 aromatic heterocycles. The number of aromatic amines is 1. The van der Waals surface area contributed by atoms with E-state index in [-0.39, 0.29) is 5.41 Å². The summed E-state index contributed by atoms with van der Waals surface area (Å²) in [5.74, 6) is 0.773. The maximum atomic E-state index is 12.5. The number of nitrogens with two attached hydrogens (primary N) is 1. The molecule has 1 amide bonds. The van der Waals surface area contributed by atoms with E-state index in [2.05, 4.69) is 43.6 Å². The Labute approximate surface area is 176 Å². The quantitative estimate of drug-likeness (QED) is 0.596. The Morgan fingerprint density at radius 3 is 2.67 bits per heavy atom. The van der Waals surface area contributed by atoms with Crippen LogP contribution in [-0.4, -0.2) is 46.7 Å². The smallest absolute Gasteiger partial charge is 0.325 e. The van der Waals surface area contributed by atoms with Crippen LogP contribution < -0.4 is 16.0 Å². The van der Waals surface area contributed by atoms with Gasteiger partial charge in [-0.05, 0) is 43.4 Å². The molecule has 0 aliphatic rings. The number of ether oxygens (including phenoxy) is 1. The van der Waals surface area contributed by atoms with Gasteiger partial charge in [0, 0.05) is 35.1 Å². The van der Waals surface area contributed by atoms with E-state index in [4.69, 9.17) is 10.5 Å². The number of carbonyl (C=O) groups is 1. The van der Waals surface area contributed by atoms with Gasteiger partial charge >= 0.3 is 6.03 Å². The van der Waals surface area contributed by atoms with Gasteiger partial charge in [0.2, 0.25) is 0 Å². The van der Waals surface area contributed by atoms with E-state index in [0.29, 0.717) is 17.9 Å². The Hall–Kier alpha value is -3.06. The van der Waals surface area contributed by atoms with E-state index in [1.54, 1.807) is 6.07 Å². The first kappa shape index (κ1) is 21.6. The number of carbonyl (C=O) groups excluding carboxylic acids is 1. The number of benzene rings is 1. The van der Waals surface area contributed by atoms with Gasteiger partial charge in [0.25, 0.3) is 5.56 Å². The SMILES string of the molecule is CCN(CC)CC(C)(C)COc1ccc2[nH]c(-c3c[c]cn(C(N)=O)c3=O)cc2c1. The molecule has 7 nitrogen and oxygen atoms in total. The molecular weight excluding hydrogens is 380 g/mol. The molecule has 0 atom stereocenters. The van der Waals surface area contributed by atoms with Gasteiger partial charge in [0.05, 0.1) is 17.9 Å². The lowest BCUT2D eigenvalue weighted by Crippen LogP contribution is -2.37. The number of H-pyrrole nitrogens is 1. The van der Waals surface area contributed by atoms with Crippen LogP contribution in [0.4, 0.5) is 4.79 Å². The fourth-order valence-corrected chi connectivity index (χ4v) is 3.52. The number of primary amides is 1. The maximum Gasteiger partial charge on any atom is 0.325 e. The molecule has 0 fully saturated rings. The van der Waals surface area contributed by atoms with Crippen molar-refractivity contribution in [1.29, 1.82) is 0 Å². The van der Waals surface area contributed by atoms with Crippen LogP contribution in [0.3, 0.4) is 0 Å². The predicted octanol–water partition coefficient (Wildman–Crippen LogP) is 3.47. The molecule has 3 N–H and O–H groups in total. The molecule has 3 rings (SSSR count). The third kappa shape index (κ3) is 4.74. The number of hydrogen-bond acceptors (Lipinski definition) is 4. The van der Waals surface area contributed by atoms with E-state index >= 15 is 0 Å². The zero-order chi connectivity index (χ0) is 21.9. The topological polar surface area (TPSA) is 93.3 Å². The first-order valence-corrected chi connectivity index (χ1v) is 10.1. The summed E-state index contributed by atoms with van der Waals surface area (Å²) in [5.41, 5.74) is 6.58. The van der Waals surface area contributed by atoms with E-state index < -0.39 is 11.6 Å². The summed E-state index contributed by atoms with van der Waals surface area (Å²) in [4.78, 5) is 29.5. The van der Waals surface area contributed by atoms with E-state index in [1.807, 2.05) is 24.3 Å². The highest BCUT2D eigenvalue weighted by Gasteiger charge is 2.22. The number of hydrogen-bond donors (Lipinski definition) is 2. The maximum absolute atomic E-state index is 12.5. The molecule has 0 unspecified atom stereocenters. The third-order valence-corrected chi connectivity index (χ3v) is 5.18. The van der Waals surface area contributed by atoms with Gasteiger partial charge in [-0.3, -0.25) is 4.79 Å². The molecule has 0 bridgehead atoms. The molecule has 2 heterocycles. The monoisotopic (exact) mass is 409 g/mol. The van der Waals surface area contributed by atoms with Crippen molar-refractivity contribution < 1.29 is 9.53 Å². The lowest BCUT2D eigenvalue weighted by Gasteiger charge is -2.31. The number of pyridine rings is 1. The van der Waals surface area contributed by atoms with Crippen LogP contribution in [0.2, 0.25) is 0 Å². The van der Waals surface area contributed by atoms with Gasteiger partial charge in [0.1, 0.15) is 5.75 Å². The van der Waals surface area contributed by atoms with Crippen LogP contribution in [0.15, 0.2) is 41.3 Å². The Morgan fingerprint density at radius 2 is 2.00 bits per heavy atom. The van der Waals surface area contributed by atoms with Crippen LogP contribution in [0.5, 0.6) is 5.75 Å². The average molecular weight is 410 g/mol. The fourth-order valence-electron chi connectivity index (χ4n) is 3.52. The lowest BCUT2D eigenvalue weighted by molar-refractivity contribution is 0.121. The number of amides is 1. The fraction of sp³-hybridized carbons (Fsp3) is 0.391. The highest BCUT2D eigenvalue weighted by atomic mass is 16.5. The van der Waals surface area contributed by atoms with Crippen molar-refractivity contribution in [2.45, 2.75) is 27.7 Å². The van der Waals surface area contributed by atoms with Crippen molar-refractivity contribution in [3.05, 3.63) is 52.9 Å². The molecule has 0 saturated carbocycles. The zero-order valence-corrected chi connectivity index (χ0v) is 18.0. The second-order valence-corrected chi connectivity index (χ2v) is 8.21. The lowest BCUT2D eigenvalue weighted by atomic mass is 9.94. The summed E-state index contributed by atoms with van der Waals surface area (Å²) in [6.45, 7) is 12.3. The van der Waals surface area contributed by atoms with Crippen LogP contribution in [0, 0.1) is 11.5 Å². The number of nitrogens with zero attached hydrogens (tertiary/aromatic N) is 2. The molecule has 0 aliphatic heterocycles. The second-order valence-electron chi connectivity index (χ2n) is 8.21. The molecule has 1 aromatic carbocycles. The number of rotatable bonds is 8. The van der Waals surface area contributed by atoms with Gasteiger partial charge in [-0.25, -0.2) is 9.36 Å². The molecule has 7 heteroatoms. The molecule has 30 heavy (non-hydrogen) atoms. The summed E-state index contributed by atoms with van der Waals surface area (Å²) in [6.07, 6.45) is 1.24. The van der Waals surface area contributed by atoms with Crippen molar-refractivity contribution >= 4 is 16.9 Å². The van der Waals surface area contributed by atoms with Gasteiger partial charge in [0.15, 0.2) is 0 Å². The van der Waals surface area contributed by atoms with Crippen molar-refractivity contribution in [2.24, 2.45) is 11.1 Å². The predicted molar refractivity (Wildman–Crippen MR) is 119 cm³/mol. The Bertz CT molecular complexity index is 1090. The van der Waals surface area contributed by atoms with Gasteiger partial charge < -0.3 is 20.4 Å². The zero-order valence-electron chi connectivity index (χ0n) is 18.0. The van der Waals surface area contributed by atoms with E-state index in [1.165, 1.54) is 6.20 Å². The Balaban J connectivity index is 1.81. The highest BCUT2D eigenvalue weighted by Crippen LogP contribution is 2.27. The summed E-state index contributed by atoms with van der Waals surface area (Å²) in [5, 5.41) is 0.915. The summed E-state index contributed by atoms with van der Waals surface area (Å²) < 4.78 is 6.92. The van der Waals surface area contributed by atoms with Crippen molar-refractivity contribution in [3.63, 3.8) is 0 Å². The van der Waals surface area contributed by atoms with Crippen LogP contribution >= 0.6 is 0 Å². The normalized spacial score (nSPS) is 11.9. The van der Waals surface area contributed by atoms with Crippen LogP contribution in [0.1, 0.15) is 27.7 Å². The van der Waals surface area contributed by atoms with E-state index in [0.717, 1.165) is 40.9 Å². The Kier molecular flexibility index (Phi) is 6.31. The molecule has 0 aliphatic carbocycles. The van der Waals surface area contributed by atoms with Crippen LogP contribution in [0.25, 0.3) is 22.2 Å². The number of nitrogens with one attached hydrogen (secondary N) is 1. The van der Waals surface area contributed by atoms with Crippen molar-refractivity contribution in [2.75, 3.05) is 26.2 Å². The van der Waals surface area contributed by atoms with Crippen molar-refractivity contribution in [3.8, 4) is 17.0 Å². The van der Waals surface area contributed by atoms with Crippen molar-refractivity contribution in [1.82, 2.24) is 14.5 Å². The molecule has 1 radical (unpaired) electrons. The summed E-state index contributed by atoms with van der Waals surface area (Å²) >= 11 is 0. The highest BCUT2D eigenvalue weighted by molar-refractivity contribution is 5.87. The van der Waals surface area contributed by atoms with E-state index in [9.17, 15) is 9.59 Å².